The minimum absolute atomic E-state index is 0.00582. The molecule has 8 heteroatoms. The fraction of sp³-hybridized carbons (Fsp3) is 0.550. The number of carbonyl (C=O) groups is 2. The molecule has 0 aromatic carbocycles. The molecule has 1 unspecified atom stereocenters. The molecule has 0 aliphatic carbocycles. The first-order valence-electron chi connectivity index (χ1n) is 9.95. The number of nitrogens with zero attached hydrogens (tertiary/aromatic N) is 4. The topological polar surface area (TPSA) is 56.8 Å². The van der Waals surface area contributed by atoms with Crippen LogP contribution in [0, 0.1) is 0 Å². The molecule has 0 bridgehead atoms. The van der Waals surface area contributed by atoms with E-state index < -0.39 is 0 Å². The molecule has 2 aromatic rings. The van der Waals surface area contributed by atoms with Crippen molar-refractivity contribution < 1.29 is 9.59 Å². The molecule has 0 radical (unpaired) electrons. The third-order valence-corrected chi connectivity index (χ3v) is 7.51. The maximum atomic E-state index is 12.8. The summed E-state index contributed by atoms with van der Waals surface area (Å²) in [6.07, 6.45) is 3.45. The number of thiophene rings is 1. The largest absolute Gasteiger partial charge is 0.341 e. The average molecular weight is 419 g/mol. The highest BCUT2D eigenvalue weighted by molar-refractivity contribution is 7.20. The summed E-state index contributed by atoms with van der Waals surface area (Å²) in [5.41, 5.74) is 0.527. The van der Waals surface area contributed by atoms with Crippen LogP contribution in [0.2, 0.25) is 0 Å². The molecule has 150 valence electrons. The van der Waals surface area contributed by atoms with Crippen molar-refractivity contribution in [3.63, 3.8) is 0 Å². The number of amides is 2. The standard InChI is InChI=1S/C20H26N4O2S2/c1-15(19(25)23-7-3-2-4-8-23)22-9-11-24(12-10-22)20(26)16-14-28-18(21-16)17-6-5-13-27-17/h5-6,13-15H,2-4,7-12H2,1H3. The summed E-state index contributed by atoms with van der Waals surface area (Å²) in [5.74, 6) is 0.230. The Bertz CT molecular complexity index is 806. The summed E-state index contributed by atoms with van der Waals surface area (Å²) in [6, 6.07) is 3.91. The molecular formula is C20H26N4O2S2. The molecule has 6 nitrogen and oxygen atoms in total. The smallest absolute Gasteiger partial charge is 0.273 e. The van der Waals surface area contributed by atoms with Gasteiger partial charge in [-0.05, 0) is 37.6 Å². The van der Waals surface area contributed by atoms with Crippen molar-refractivity contribution in [3.8, 4) is 9.88 Å². The summed E-state index contributed by atoms with van der Waals surface area (Å²) >= 11 is 3.15. The van der Waals surface area contributed by atoms with Gasteiger partial charge in [0.05, 0.1) is 10.9 Å². The molecule has 2 aliphatic rings. The number of piperidine rings is 1. The van der Waals surface area contributed by atoms with Crippen LogP contribution in [0.3, 0.4) is 0 Å². The van der Waals surface area contributed by atoms with Crippen molar-refractivity contribution >= 4 is 34.5 Å². The van der Waals surface area contributed by atoms with E-state index in [0.29, 0.717) is 18.8 Å². The number of hydrogen-bond acceptors (Lipinski definition) is 6. The van der Waals surface area contributed by atoms with Crippen molar-refractivity contribution in [1.29, 1.82) is 0 Å². The predicted molar refractivity (Wildman–Crippen MR) is 113 cm³/mol. The number of carbonyl (C=O) groups excluding carboxylic acids is 2. The Hall–Kier alpha value is -1.77. The molecule has 2 fully saturated rings. The summed E-state index contributed by atoms with van der Waals surface area (Å²) in [5, 5.41) is 4.77. The zero-order chi connectivity index (χ0) is 19.5. The SMILES string of the molecule is CC(C(=O)N1CCCCC1)N1CCN(C(=O)c2csc(-c3cccs3)n2)CC1. The maximum Gasteiger partial charge on any atom is 0.273 e. The van der Waals surface area contributed by atoms with Crippen molar-refractivity contribution in [3.05, 3.63) is 28.6 Å². The Morgan fingerprint density at radius 1 is 1.00 bits per heavy atom. The number of rotatable bonds is 4. The molecule has 0 saturated carbocycles. The van der Waals surface area contributed by atoms with Gasteiger partial charge in [0, 0.05) is 44.6 Å². The first kappa shape index (κ1) is 19.5. The van der Waals surface area contributed by atoms with Gasteiger partial charge in [-0.2, -0.15) is 0 Å². The van der Waals surface area contributed by atoms with E-state index in [1.165, 1.54) is 17.8 Å². The van der Waals surface area contributed by atoms with Crippen LogP contribution in [-0.4, -0.2) is 76.8 Å². The van der Waals surface area contributed by atoms with Gasteiger partial charge in [-0.25, -0.2) is 4.98 Å². The summed E-state index contributed by atoms with van der Waals surface area (Å²) < 4.78 is 0. The first-order chi connectivity index (χ1) is 13.6. The molecule has 0 N–H and O–H groups in total. The predicted octanol–water partition coefficient (Wildman–Crippen LogP) is 3.03. The van der Waals surface area contributed by atoms with Gasteiger partial charge in [0.2, 0.25) is 5.91 Å². The monoisotopic (exact) mass is 418 g/mol. The van der Waals surface area contributed by atoms with E-state index in [9.17, 15) is 9.59 Å². The normalized spacial score (nSPS) is 19.6. The van der Waals surface area contributed by atoms with E-state index in [1.54, 1.807) is 11.3 Å². The molecule has 28 heavy (non-hydrogen) atoms. The highest BCUT2D eigenvalue weighted by Gasteiger charge is 2.31. The quantitative estimate of drug-likeness (QED) is 0.766. The number of piperazine rings is 1. The van der Waals surface area contributed by atoms with Gasteiger partial charge in [0.1, 0.15) is 10.7 Å². The Balaban J connectivity index is 1.32. The van der Waals surface area contributed by atoms with Crippen LogP contribution in [0.4, 0.5) is 0 Å². The van der Waals surface area contributed by atoms with E-state index >= 15 is 0 Å². The zero-order valence-corrected chi connectivity index (χ0v) is 17.8. The second kappa shape index (κ2) is 8.71. The Kier molecular flexibility index (Phi) is 6.08. The minimum Gasteiger partial charge on any atom is -0.341 e. The van der Waals surface area contributed by atoms with Gasteiger partial charge >= 0.3 is 0 Å². The molecule has 2 aliphatic heterocycles. The van der Waals surface area contributed by atoms with Crippen LogP contribution in [0.5, 0.6) is 0 Å². The zero-order valence-electron chi connectivity index (χ0n) is 16.2. The molecule has 1 atom stereocenters. The van der Waals surface area contributed by atoms with Crippen LogP contribution in [0.1, 0.15) is 36.7 Å². The van der Waals surface area contributed by atoms with E-state index in [4.69, 9.17) is 0 Å². The first-order valence-corrected chi connectivity index (χ1v) is 11.7. The lowest BCUT2D eigenvalue weighted by molar-refractivity contribution is -0.137. The third kappa shape index (κ3) is 4.14. The molecule has 4 heterocycles. The fourth-order valence-electron chi connectivity index (χ4n) is 3.89. The molecule has 2 amide bonds. The molecular weight excluding hydrogens is 392 g/mol. The lowest BCUT2D eigenvalue weighted by Crippen LogP contribution is -2.56. The lowest BCUT2D eigenvalue weighted by Gasteiger charge is -2.39. The van der Waals surface area contributed by atoms with Crippen molar-refractivity contribution in [1.82, 2.24) is 19.7 Å². The van der Waals surface area contributed by atoms with Crippen LogP contribution < -0.4 is 0 Å². The van der Waals surface area contributed by atoms with E-state index in [1.807, 2.05) is 39.6 Å². The van der Waals surface area contributed by atoms with E-state index in [2.05, 4.69) is 9.88 Å². The van der Waals surface area contributed by atoms with Crippen molar-refractivity contribution in [2.45, 2.75) is 32.2 Å². The van der Waals surface area contributed by atoms with Crippen LogP contribution in [0.15, 0.2) is 22.9 Å². The highest BCUT2D eigenvalue weighted by atomic mass is 32.1. The van der Waals surface area contributed by atoms with Crippen LogP contribution >= 0.6 is 22.7 Å². The summed E-state index contributed by atoms with van der Waals surface area (Å²) in [7, 11) is 0. The van der Waals surface area contributed by atoms with E-state index in [-0.39, 0.29) is 17.9 Å². The van der Waals surface area contributed by atoms with Gasteiger partial charge < -0.3 is 9.80 Å². The van der Waals surface area contributed by atoms with Gasteiger partial charge in [-0.1, -0.05) is 6.07 Å². The molecule has 0 spiro atoms. The number of aromatic nitrogens is 1. The number of hydrogen-bond donors (Lipinski definition) is 0. The average Bonchev–Trinajstić information content (AvgIpc) is 3.45. The Morgan fingerprint density at radius 3 is 2.43 bits per heavy atom. The van der Waals surface area contributed by atoms with Gasteiger partial charge in [0.25, 0.3) is 5.91 Å². The van der Waals surface area contributed by atoms with Crippen LogP contribution in [0.25, 0.3) is 9.88 Å². The van der Waals surface area contributed by atoms with Crippen LogP contribution in [-0.2, 0) is 4.79 Å². The summed E-state index contributed by atoms with van der Waals surface area (Å²) in [6.45, 7) is 6.52. The summed E-state index contributed by atoms with van der Waals surface area (Å²) in [4.78, 5) is 37.3. The van der Waals surface area contributed by atoms with Crippen molar-refractivity contribution in [2.24, 2.45) is 0 Å². The Morgan fingerprint density at radius 2 is 1.75 bits per heavy atom. The van der Waals surface area contributed by atoms with Gasteiger partial charge in [-0.3, -0.25) is 14.5 Å². The molecule has 4 rings (SSSR count). The minimum atomic E-state index is -0.111. The third-order valence-electron chi connectivity index (χ3n) is 5.63. The molecule has 2 aromatic heterocycles. The lowest BCUT2D eigenvalue weighted by atomic mass is 10.1. The second-order valence-corrected chi connectivity index (χ2v) is 9.21. The fourth-order valence-corrected chi connectivity index (χ4v) is 5.50. The Labute approximate surface area is 173 Å². The number of likely N-dealkylation sites (tertiary alicyclic amines) is 1. The number of thiazole rings is 1. The highest BCUT2D eigenvalue weighted by Crippen LogP contribution is 2.28. The van der Waals surface area contributed by atoms with Gasteiger partial charge in [-0.15, -0.1) is 22.7 Å². The maximum absolute atomic E-state index is 12.8. The van der Waals surface area contributed by atoms with E-state index in [0.717, 1.165) is 48.9 Å². The second-order valence-electron chi connectivity index (χ2n) is 7.41. The van der Waals surface area contributed by atoms with Crippen molar-refractivity contribution in [2.75, 3.05) is 39.3 Å². The molecule has 2 saturated heterocycles. The van der Waals surface area contributed by atoms with Gasteiger partial charge in [0.15, 0.2) is 0 Å².